The van der Waals surface area contributed by atoms with E-state index in [-0.39, 0.29) is 19.1 Å². The number of aryl methyl sites for hydroxylation is 1. The number of ether oxygens (including phenoxy) is 2. The summed E-state index contributed by atoms with van der Waals surface area (Å²) < 4.78 is 49.8. The Bertz CT molecular complexity index is 1210. The van der Waals surface area contributed by atoms with Gasteiger partial charge < -0.3 is 14.8 Å². The van der Waals surface area contributed by atoms with Crippen molar-refractivity contribution in [2.45, 2.75) is 13.5 Å². The van der Waals surface area contributed by atoms with Crippen molar-refractivity contribution in [3.05, 3.63) is 83.7 Å². The van der Waals surface area contributed by atoms with E-state index in [1.807, 2.05) is 13.0 Å². The number of hydrogen-bond acceptors (Lipinski definition) is 5. The molecule has 1 amide bonds. The summed E-state index contributed by atoms with van der Waals surface area (Å²) >= 11 is 0. The number of halogens is 1. The van der Waals surface area contributed by atoms with Gasteiger partial charge in [0.25, 0.3) is 5.91 Å². The quantitative estimate of drug-likeness (QED) is 0.506. The molecule has 0 spiro atoms. The molecule has 3 aromatic rings. The first kappa shape index (κ1) is 24.1. The van der Waals surface area contributed by atoms with Gasteiger partial charge in [0.1, 0.15) is 17.3 Å². The van der Waals surface area contributed by atoms with Gasteiger partial charge in [-0.2, -0.15) is 0 Å². The summed E-state index contributed by atoms with van der Waals surface area (Å²) in [5.74, 6) is 0.189. The van der Waals surface area contributed by atoms with Crippen LogP contribution >= 0.6 is 0 Å². The van der Waals surface area contributed by atoms with Crippen LogP contribution in [-0.4, -0.2) is 34.3 Å². The van der Waals surface area contributed by atoms with Gasteiger partial charge in [-0.3, -0.25) is 9.10 Å². The van der Waals surface area contributed by atoms with Crippen molar-refractivity contribution >= 4 is 27.3 Å². The molecule has 0 saturated carbocycles. The van der Waals surface area contributed by atoms with Crippen molar-refractivity contribution in [3.63, 3.8) is 0 Å². The fraction of sp³-hybridized carbons (Fsp3) is 0.208. The zero-order valence-corrected chi connectivity index (χ0v) is 19.4. The molecule has 0 aliphatic heterocycles. The van der Waals surface area contributed by atoms with Crippen molar-refractivity contribution in [1.82, 2.24) is 0 Å². The van der Waals surface area contributed by atoms with Crippen LogP contribution in [0.3, 0.4) is 0 Å². The number of methoxy groups -OCH3 is 1. The number of nitrogens with one attached hydrogen (secondary N) is 1. The number of carbonyl (C=O) groups is 1. The molecule has 0 saturated heterocycles. The van der Waals surface area contributed by atoms with E-state index in [0.29, 0.717) is 28.4 Å². The van der Waals surface area contributed by atoms with Gasteiger partial charge in [-0.1, -0.05) is 18.2 Å². The number of sulfonamides is 1. The topological polar surface area (TPSA) is 84.9 Å². The highest BCUT2D eigenvalue weighted by Gasteiger charge is 2.18. The van der Waals surface area contributed by atoms with Crippen LogP contribution in [0, 0.1) is 12.7 Å². The number of rotatable bonds is 9. The van der Waals surface area contributed by atoms with Crippen LogP contribution in [0.15, 0.2) is 66.7 Å². The highest BCUT2D eigenvalue weighted by atomic mass is 32.2. The predicted octanol–water partition coefficient (Wildman–Crippen LogP) is 4.13. The Morgan fingerprint density at radius 1 is 1.03 bits per heavy atom. The summed E-state index contributed by atoms with van der Waals surface area (Å²) in [6.45, 7) is 1.73. The monoisotopic (exact) mass is 472 g/mol. The van der Waals surface area contributed by atoms with Crippen LogP contribution in [0.1, 0.15) is 11.1 Å². The Hall–Kier alpha value is -3.59. The molecule has 0 aliphatic rings. The van der Waals surface area contributed by atoms with Gasteiger partial charge >= 0.3 is 0 Å². The molecule has 33 heavy (non-hydrogen) atoms. The van der Waals surface area contributed by atoms with E-state index in [4.69, 9.17) is 9.47 Å². The molecular formula is C24H25FN2O5S. The van der Waals surface area contributed by atoms with Crippen molar-refractivity contribution in [2.75, 3.05) is 29.6 Å². The molecule has 0 heterocycles. The van der Waals surface area contributed by atoms with Crippen LogP contribution in [0.4, 0.5) is 15.8 Å². The first-order valence-electron chi connectivity index (χ1n) is 10.1. The normalized spacial score (nSPS) is 11.0. The molecule has 3 rings (SSSR count). The third-order valence-electron chi connectivity index (χ3n) is 4.76. The van der Waals surface area contributed by atoms with E-state index in [1.54, 1.807) is 36.4 Å². The van der Waals surface area contributed by atoms with Gasteiger partial charge in [0, 0.05) is 0 Å². The van der Waals surface area contributed by atoms with Crippen LogP contribution < -0.4 is 19.1 Å². The minimum atomic E-state index is -3.59. The molecule has 0 unspecified atom stereocenters. The molecule has 174 valence electrons. The van der Waals surface area contributed by atoms with E-state index in [1.165, 1.54) is 35.7 Å². The maximum atomic E-state index is 13.2. The highest BCUT2D eigenvalue weighted by molar-refractivity contribution is 7.92. The predicted molar refractivity (Wildman–Crippen MR) is 126 cm³/mol. The number of amides is 1. The molecule has 0 bridgehead atoms. The smallest absolute Gasteiger partial charge is 0.262 e. The average molecular weight is 473 g/mol. The number of hydrogen-bond donors (Lipinski definition) is 1. The van der Waals surface area contributed by atoms with Crippen LogP contribution in [0.25, 0.3) is 0 Å². The van der Waals surface area contributed by atoms with Crippen molar-refractivity contribution < 1.29 is 27.1 Å². The lowest BCUT2D eigenvalue weighted by Crippen LogP contribution is -2.29. The van der Waals surface area contributed by atoms with Crippen molar-refractivity contribution in [3.8, 4) is 11.5 Å². The van der Waals surface area contributed by atoms with Gasteiger partial charge in [-0.25, -0.2) is 12.8 Å². The summed E-state index contributed by atoms with van der Waals surface area (Å²) in [5, 5.41) is 2.75. The van der Waals surface area contributed by atoms with E-state index in [0.717, 1.165) is 11.8 Å². The van der Waals surface area contributed by atoms with E-state index >= 15 is 0 Å². The molecule has 3 aromatic carbocycles. The molecule has 1 N–H and O–H groups in total. The fourth-order valence-electron chi connectivity index (χ4n) is 3.12. The first-order valence-corrected chi connectivity index (χ1v) is 11.9. The molecule has 7 nitrogen and oxygen atoms in total. The third kappa shape index (κ3) is 6.69. The third-order valence-corrected chi connectivity index (χ3v) is 5.90. The molecule has 9 heteroatoms. The Morgan fingerprint density at radius 3 is 2.30 bits per heavy atom. The Labute approximate surface area is 192 Å². The Morgan fingerprint density at radius 2 is 1.70 bits per heavy atom. The highest BCUT2D eigenvalue weighted by Crippen LogP contribution is 2.26. The lowest BCUT2D eigenvalue weighted by molar-refractivity contribution is -0.118. The largest absolute Gasteiger partial charge is 0.495 e. The summed E-state index contributed by atoms with van der Waals surface area (Å²) in [5.41, 5.74) is 2.58. The molecule has 0 atom stereocenters. The first-order chi connectivity index (χ1) is 15.7. The lowest BCUT2D eigenvalue weighted by Gasteiger charge is -2.23. The van der Waals surface area contributed by atoms with Gasteiger partial charge in [0.05, 0.1) is 31.3 Å². The maximum absolute atomic E-state index is 13.2. The zero-order valence-electron chi connectivity index (χ0n) is 18.5. The summed E-state index contributed by atoms with van der Waals surface area (Å²) in [4.78, 5) is 12.3. The van der Waals surface area contributed by atoms with Crippen LogP contribution in [0.2, 0.25) is 0 Å². The minimum absolute atomic E-state index is 0.0556. The second-order valence-corrected chi connectivity index (χ2v) is 9.34. The second kappa shape index (κ2) is 10.4. The average Bonchev–Trinajstić information content (AvgIpc) is 2.77. The number of anilines is 2. The number of nitrogens with zero attached hydrogens (tertiary/aromatic N) is 1. The molecular weight excluding hydrogens is 447 g/mol. The number of carbonyl (C=O) groups excluding carboxylic acids is 1. The SMILES string of the molecule is COc1ccc(C)cc1NC(=O)COc1ccc(N(Cc2ccc(F)cc2)S(C)(=O)=O)cc1. The number of benzene rings is 3. The molecule has 0 aromatic heterocycles. The summed E-state index contributed by atoms with van der Waals surface area (Å²) in [6, 6.07) is 17.4. The molecule has 0 aliphatic carbocycles. The van der Waals surface area contributed by atoms with Gasteiger partial charge in [-0.05, 0) is 66.6 Å². The fourth-order valence-corrected chi connectivity index (χ4v) is 4.01. The van der Waals surface area contributed by atoms with Crippen LogP contribution in [-0.2, 0) is 21.4 Å². The summed E-state index contributed by atoms with van der Waals surface area (Å²) in [6.07, 6.45) is 1.10. The van der Waals surface area contributed by atoms with Crippen molar-refractivity contribution in [1.29, 1.82) is 0 Å². The van der Waals surface area contributed by atoms with Crippen LogP contribution in [0.5, 0.6) is 11.5 Å². The standard InChI is InChI=1S/C24H25FN2O5S/c1-17-4-13-23(31-2)22(14-17)26-24(28)16-32-21-11-9-20(10-12-21)27(33(3,29)30)15-18-5-7-19(25)8-6-18/h4-14H,15-16H2,1-3H3,(H,26,28). The van der Waals surface area contributed by atoms with E-state index in [2.05, 4.69) is 5.32 Å². The Kier molecular flexibility index (Phi) is 7.55. The second-order valence-electron chi connectivity index (χ2n) is 7.43. The molecule has 0 fully saturated rings. The van der Waals surface area contributed by atoms with Gasteiger partial charge in [0.2, 0.25) is 10.0 Å². The van der Waals surface area contributed by atoms with E-state index < -0.39 is 15.8 Å². The molecule has 0 radical (unpaired) electrons. The van der Waals surface area contributed by atoms with Gasteiger partial charge in [-0.15, -0.1) is 0 Å². The summed E-state index contributed by atoms with van der Waals surface area (Å²) in [7, 11) is -2.06. The minimum Gasteiger partial charge on any atom is -0.495 e. The van der Waals surface area contributed by atoms with E-state index in [9.17, 15) is 17.6 Å². The lowest BCUT2D eigenvalue weighted by atomic mass is 10.2. The van der Waals surface area contributed by atoms with Gasteiger partial charge in [0.15, 0.2) is 6.61 Å². The van der Waals surface area contributed by atoms with Crippen molar-refractivity contribution in [2.24, 2.45) is 0 Å². The Balaban J connectivity index is 1.65. The zero-order chi connectivity index (χ0) is 24.0. The maximum Gasteiger partial charge on any atom is 0.262 e.